The lowest BCUT2D eigenvalue weighted by atomic mass is 10.3. The van der Waals surface area contributed by atoms with Crippen LogP contribution >= 0.6 is 0 Å². The lowest BCUT2D eigenvalue weighted by Crippen LogP contribution is -2.12. The van der Waals surface area contributed by atoms with E-state index in [0.29, 0.717) is 34.7 Å². The van der Waals surface area contributed by atoms with E-state index in [1.54, 1.807) is 56.4 Å². The first-order valence-corrected chi connectivity index (χ1v) is 8.86. The summed E-state index contributed by atoms with van der Waals surface area (Å²) in [6.07, 6.45) is 3.54. The highest BCUT2D eigenvalue weighted by molar-refractivity contribution is 6.02. The molecule has 1 amide bonds. The molecule has 0 radical (unpaired) electrons. The molecule has 4 rings (SSSR count). The summed E-state index contributed by atoms with van der Waals surface area (Å²) >= 11 is 0. The number of nitrogens with zero attached hydrogens (tertiary/aromatic N) is 5. The number of benzene rings is 1. The van der Waals surface area contributed by atoms with E-state index in [-0.39, 0.29) is 11.6 Å². The SMILES string of the molecule is Cc1nc(Oc2ccc(NC(=O)c3cc(C)on3)cc2)cc(-n2ccnc2C)n1. The molecule has 29 heavy (non-hydrogen) atoms. The average Bonchev–Trinajstić information content (AvgIpc) is 3.31. The minimum Gasteiger partial charge on any atom is -0.439 e. The number of nitrogens with one attached hydrogen (secondary N) is 1. The molecule has 0 fully saturated rings. The topological polar surface area (TPSA) is 108 Å². The summed E-state index contributed by atoms with van der Waals surface area (Å²) in [4.78, 5) is 25.1. The van der Waals surface area contributed by atoms with Crippen molar-refractivity contribution in [2.24, 2.45) is 0 Å². The third-order valence-corrected chi connectivity index (χ3v) is 4.07. The maximum absolute atomic E-state index is 12.1. The molecule has 9 heteroatoms. The summed E-state index contributed by atoms with van der Waals surface area (Å²) in [5.74, 6) is 3.29. The van der Waals surface area contributed by atoms with Crippen LogP contribution in [0.1, 0.15) is 27.9 Å². The van der Waals surface area contributed by atoms with Gasteiger partial charge in [-0.15, -0.1) is 0 Å². The summed E-state index contributed by atoms with van der Waals surface area (Å²) in [5.41, 5.74) is 0.832. The fourth-order valence-electron chi connectivity index (χ4n) is 2.72. The van der Waals surface area contributed by atoms with E-state index in [0.717, 1.165) is 5.82 Å². The number of hydrogen-bond donors (Lipinski definition) is 1. The van der Waals surface area contributed by atoms with Gasteiger partial charge in [0, 0.05) is 30.2 Å². The molecule has 9 nitrogen and oxygen atoms in total. The minimum absolute atomic E-state index is 0.224. The Morgan fingerprint density at radius 3 is 2.55 bits per heavy atom. The van der Waals surface area contributed by atoms with E-state index in [1.807, 2.05) is 17.7 Å². The third-order valence-electron chi connectivity index (χ3n) is 4.07. The number of carbonyl (C=O) groups is 1. The largest absolute Gasteiger partial charge is 0.439 e. The second kappa shape index (κ2) is 7.55. The van der Waals surface area contributed by atoms with Crippen LogP contribution in [0, 0.1) is 20.8 Å². The van der Waals surface area contributed by atoms with E-state index >= 15 is 0 Å². The quantitative estimate of drug-likeness (QED) is 0.554. The Labute approximate surface area is 166 Å². The molecule has 1 N–H and O–H groups in total. The average molecular weight is 390 g/mol. The Kier molecular flexibility index (Phi) is 4.78. The number of ether oxygens (including phenoxy) is 1. The van der Waals surface area contributed by atoms with Gasteiger partial charge in [0.15, 0.2) is 5.69 Å². The smallest absolute Gasteiger partial charge is 0.277 e. The van der Waals surface area contributed by atoms with Crippen LogP contribution in [0.3, 0.4) is 0 Å². The molecule has 146 valence electrons. The first kappa shape index (κ1) is 18.4. The highest BCUT2D eigenvalue weighted by atomic mass is 16.5. The van der Waals surface area contributed by atoms with Crippen molar-refractivity contribution in [2.75, 3.05) is 5.32 Å². The monoisotopic (exact) mass is 390 g/mol. The van der Waals surface area contributed by atoms with Crippen molar-refractivity contribution in [2.45, 2.75) is 20.8 Å². The predicted molar refractivity (Wildman–Crippen MR) is 104 cm³/mol. The first-order chi connectivity index (χ1) is 14.0. The van der Waals surface area contributed by atoms with Crippen molar-refractivity contribution < 1.29 is 14.1 Å². The Bertz CT molecular complexity index is 1160. The number of hydrogen-bond acceptors (Lipinski definition) is 7. The predicted octanol–water partition coefficient (Wildman–Crippen LogP) is 3.62. The van der Waals surface area contributed by atoms with Crippen LogP contribution in [-0.4, -0.2) is 30.6 Å². The maximum Gasteiger partial charge on any atom is 0.277 e. The van der Waals surface area contributed by atoms with Gasteiger partial charge in [-0.2, -0.15) is 4.98 Å². The number of imidazole rings is 1. The summed E-state index contributed by atoms with van der Waals surface area (Å²) in [7, 11) is 0. The molecule has 0 atom stereocenters. The van der Waals surface area contributed by atoms with Crippen molar-refractivity contribution in [3.8, 4) is 17.4 Å². The standard InChI is InChI=1S/C20H18N6O3/c1-12-10-17(25-29-12)20(27)24-15-4-6-16(7-5-15)28-19-11-18(22-13(2)23-19)26-9-8-21-14(26)3/h4-11H,1-3H3,(H,24,27). The van der Waals surface area contributed by atoms with Crippen molar-refractivity contribution in [1.82, 2.24) is 24.7 Å². The van der Waals surface area contributed by atoms with Gasteiger partial charge in [-0.05, 0) is 45.0 Å². The normalized spacial score (nSPS) is 10.7. The van der Waals surface area contributed by atoms with Crippen molar-refractivity contribution in [1.29, 1.82) is 0 Å². The number of carbonyl (C=O) groups excluding carboxylic acids is 1. The fraction of sp³-hybridized carbons (Fsp3) is 0.150. The zero-order chi connectivity index (χ0) is 20.4. The van der Waals surface area contributed by atoms with E-state index in [4.69, 9.17) is 9.26 Å². The van der Waals surface area contributed by atoms with Crippen molar-refractivity contribution in [3.05, 3.63) is 71.9 Å². The summed E-state index contributed by atoms with van der Waals surface area (Å²) in [6.45, 7) is 5.42. The van der Waals surface area contributed by atoms with Gasteiger partial charge in [-0.1, -0.05) is 5.16 Å². The molecule has 0 aliphatic heterocycles. The Balaban J connectivity index is 1.48. The molecule has 3 aromatic heterocycles. The number of aromatic nitrogens is 5. The van der Waals surface area contributed by atoms with E-state index < -0.39 is 0 Å². The Morgan fingerprint density at radius 1 is 1.10 bits per heavy atom. The highest BCUT2D eigenvalue weighted by Gasteiger charge is 2.12. The summed E-state index contributed by atoms with van der Waals surface area (Å²) < 4.78 is 12.6. The van der Waals surface area contributed by atoms with E-state index in [2.05, 4.69) is 25.4 Å². The van der Waals surface area contributed by atoms with Gasteiger partial charge >= 0.3 is 0 Å². The van der Waals surface area contributed by atoms with Gasteiger partial charge in [0.05, 0.1) is 0 Å². The maximum atomic E-state index is 12.1. The molecule has 0 spiro atoms. The molecule has 1 aromatic carbocycles. The second-order valence-electron chi connectivity index (χ2n) is 6.36. The summed E-state index contributed by atoms with van der Waals surface area (Å²) in [6, 6.07) is 10.3. The van der Waals surface area contributed by atoms with Gasteiger partial charge in [-0.3, -0.25) is 9.36 Å². The molecule has 0 unspecified atom stereocenters. The van der Waals surface area contributed by atoms with Gasteiger partial charge < -0.3 is 14.6 Å². The van der Waals surface area contributed by atoms with Crippen LogP contribution in [0.4, 0.5) is 5.69 Å². The number of rotatable bonds is 5. The molecule has 0 aliphatic rings. The molecule has 0 saturated heterocycles. The van der Waals surface area contributed by atoms with Crippen LogP contribution in [0.15, 0.2) is 53.3 Å². The lowest BCUT2D eigenvalue weighted by molar-refractivity contribution is 0.101. The molecule has 0 saturated carbocycles. The lowest BCUT2D eigenvalue weighted by Gasteiger charge is -2.10. The summed E-state index contributed by atoms with van der Waals surface area (Å²) in [5, 5.41) is 6.45. The minimum atomic E-state index is -0.345. The van der Waals surface area contributed by atoms with Crippen molar-refractivity contribution >= 4 is 11.6 Å². The van der Waals surface area contributed by atoms with Gasteiger partial charge in [0.25, 0.3) is 5.91 Å². The fourth-order valence-corrected chi connectivity index (χ4v) is 2.72. The Hall–Kier alpha value is -4.01. The van der Waals surface area contributed by atoms with E-state index in [1.165, 1.54) is 0 Å². The zero-order valence-electron chi connectivity index (χ0n) is 16.1. The molecular weight excluding hydrogens is 372 g/mol. The number of anilines is 1. The molecule has 3 heterocycles. The van der Waals surface area contributed by atoms with Crippen LogP contribution in [0.5, 0.6) is 11.6 Å². The highest BCUT2D eigenvalue weighted by Crippen LogP contribution is 2.23. The van der Waals surface area contributed by atoms with Gasteiger partial charge in [-0.25, -0.2) is 9.97 Å². The molecule has 0 bridgehead atoms. The molecule has 4 aromatic rings. The van der Waals surface area contributed by atoms with Crippen LogP contribution in [0.2, 0.25) is 0 Å². The van der Waals surface area contributed by atoms with Crippen LogP contribution < -0.4 is 10.1 Å². The van der Waals surface area contributed by atoms with Crippen LogP contribution in [-0.2, 0) is 0 Å². The Morgan fingerprint density at radius 2 is 1.90 bits per heavy atom. The third kappa shape index (κ3) is 4.13. The molecule has 0 aliphatic carbocycles. The van der Waals surface area contributed by atoms with Gasteiger partial charge in [0.2, 0.25) is 5.88 Å². The van der Waals surface area contributed by atoms with E-state index in [9.17, 15) is 4.79 Å². The van der Waals surface area contributed by atoms with Crippen molar-refractivity contribution in [3.63, 3.8) is 0 Å². The number of amides is 1. The molecular formula is C20H18N6O3. The van der Waals surface area contributed by atoms with Crippen LogP contribution in [0.25, 0.3) is 5.82 Å². The van der Waals surface area contributed by atoms with Gasteiger partial charge in [0.1, 0.15) is 29.0 Å². The zero-order valence-corrected chi connectivity index (χ0v) is 16.1. The number of aryl methyl sites for hydroxylation is 3. The second-order valence-corrected chi connectivity index (χ2v) is 6.36. The first-order valence-electron chi connectivity index (χ1n) is 8.86.